The van der Waals surface area contributed by atoms with E-state index in [1.54, 1.807) is 0 Å². The minimum Gasteiger partial charge on any atom is -0.373 e. The van der Waals surface area contributed by atoms with Crippen LogP contribution in [0.3, 0.4) is 0 Å². The molecule has 0 saturated carbocycles. The number of fused-ring (bicyclic) bond motifs is 1. The molecule has 26 heavy (non-hydrogen) atoms. The fraction of sp³-hybridized carbons (Fsp3) is 0.545. The van der Waals surface area contributed by atoms with Crippen molar-refractivity contribution in [2.45, 2.75) is 50.1 Å². The van der Waals surface area contributed by atoms with Crippen molar-refractivity contribution < 1.29 is 18.9 Å². The summed E-state index contributed by atoms with van der Waals surface area (Å²) in [6.07, 6.45) is 5.71. The Kier molecular flexibility index (Phi) is 3.61. The second-order valence-electron chi connectivity index (χ2n) is 8.14. The molecular formula is C22H24O4. The van der Waals surface area contributed by atoms with Gasteiger partial charge in [-0.1, -0.05) is 24.3 Å². The van der Waals surface area contributed by atoms with Crippen LogP contribution in [-0.2, 0) is 44.6 Å². The van der Waals surface area contributed by atoms with Gasteiger partial charge in [-0.3, -0.25) is 0 Å². The number of epoxide rings is 4. The largest absolute Gasteiger partial charge is 0.373 e. The predicted octanol–water partition coefficient (Wildman–Crippen LogP) is 2.61. The van der Waals surface area contributed by atoms with E-state index in [-0.39, 0.29) is 0 Å². The molecule has 4 unspecified atom stereocenters. The highest BCUT2D eigenvalue weighted by atomic mass is 16.6. The lowest BCUT2D eigenvalue weighted by molar-refractivity contribution is 0.401. The molecule has 0 spiro atoms. The number of hydrogen-bond donors (Lipinski definition) is 0. The standard InChI is InChI=1S/C22H24O4/c1-3-19-20(21(7-17-11-25-17)13(1)5-15-9-23-15)4-2-14(6-16-10-24-16)22(19)8-18-12-26-18/h1-4,15-18H,5-12H2. The van der Waals surface area contributed by atoms with Crippen LogP contribution in [0, 0.1) is 0 Å². The molecule has 0 amide bonds. The van der Waals surface area contributed by atoms with Crippen LogP contribution in [0.1, 0.15) is 22.3 Å². The molecular weight excluding hydrogens is 328 g/mol. The second-order valence-corrected chi connectivity index (χ2v) is 8.14. The average molecular weight is 352 g/mol. The van der Waals surface area contributed by atoms with Crippen LogP contribution in [0.2, 0.25) is 0 Å². The van der Waals surface area contributed by atoms with Gasteiger partial charge in [0.15, 0.2) is 0 Å². The zero-order valence-electron chi connectivity index (χ0n) is 14.9. The van der Waals surface area contributed by atoms with E-state index in [9.17, 15) is 0 Å². The first-order valence-electron chi connectivity index (χ1n) is 9.85. The lowest BCUT2D eigenvalue weighted by Gasteiger charge is -2.17. The van der Waals surface area contributed by atoms with Crippen molar-refractivity contribution in [3.05, 3.63) is 46.5 Å². The SMILES string of the molecule is c1cc2c(CC3CO3)c(CC3CO3)ccc2c(CC2CO2)c1CC1CO1. The van der Waals surface area contributed by atoms with Crippen LogP contribution in [-0.4, -0.2) is 50.8 Å². The van der Waals surface area contributed by atoms with Gasteiger partial charge in [-0.05, 0) is 33.0 Å². The van der Waals surface area contributed by atoms with E-state index in [0.29, 0.717) is 24.4 Å². The highest BCUT2D eigenvalue weighted by Crippen LogP contribution is 2.35. The maximum Gasteiger partial charge on any atom is 0.0850 e. The number of ether oxygens (including phenoxy) is 4. The van der Waals surface area contributed by atoms with Gasteiger partial charge < -0.3 is 18.9 Å². The first-order valence-corrected chi connectivity index (χ1v) is 9.85. The Labute approximate surface area is 153 Å². The summed E-state index contributed by atoms with van der Waals surface area (Å²) in [5.74, 6) is 0. The lowest BCUT2D eigenvalue weighted by Crippen LogP contribution is -2.07. The Balaban J connectivity index is 1.46. The summed E-state index contributed by atoms with van der Waals surface area (Å²) in [6.45, 7) is 3.61. The van der Waals surface area contributed by atoms with Gasteiger partial charge in [-0.15, -0.1) is 0 Å². The Hall–Kier alpha value is -1.46. The Morgan fingerprint density at radius 1 is 0.538 bits per heavy atom. The first-order chi connectivity index (χ1) is 12.8. The first kappa shape index (κ1) is 15.6. The number of rotatable bonds is 8. The van der Waals surface area contributed by atoms with Gasteiger partial charge in [0.2, 0.25) is 0 Å². The van der Waals surface area contributed by atoms with Gasteiger partial charge in [-0.2, -0.15) is 0 Å². The fourth-order valence-electron chi connectivity index (χ4n) is 4.17. The zero-order valence-corrected chi connectivity index (χ0v) is 14.9. The van der Waals surface area contributed by atoms with E-state index >= 15 is 0 Å². The Morgan fingerprint density at radius 2 is 0.885 bits per heavy atom. The van der Waals surface area contributed by atoms with Crippen LogP contribution in [0.5, 0.6) is 0 Å². The minimum atomic E-state index is 0.397. The van der Waals surface area contributed by atoms with Gasteiger partial charge in [0, 0.05) is 25.7 Å². The third-order valence-corrected chi connectivity index (χ3v) is 5.99. The average Bonchev–Trinajstić information content (AvgIpc) is 3.45. The summed E-state index contributed by atoms with van der Waals surface area (Å²) in [5, 5.41) is 2.80. The molecule has 0 bridgehead atoms. The quantitative estimate of drug-likeness (QED) is 0.685. The number of hydrogen-bond acceptors (Lipinski definition) is 4. The third kappa shape index (κ3) is 3.27. The van der Waals surface area contributed by atoms with Crippen LogP contribution in [0.15, 0.2) is 24.3 Å². The molecule has 4 aliphatic rings. The third-order valence-electron chi connectivity index (χ3n) is 5.99. The van der Waals surface area contributed by atoms with E-state index in [0.717, 1.165) is 52.1 Å². The van der Waals surface area contributed by atoms with Crippen molar-refractivity contribution in [1.29, 1.82) is 0 Å². The van der Waals surface area contributed by atoms with Crippen LogP contribution >= 0.6 is 0 Å². The molecule has 2 aromatic rings. The minimum absolute atomic E-state index is 0.397. The van der Waals surface area contributed by atoms with Crippen LogP contribution < -0.4 is 0 Å². The van der Waals surface area contributed by atoms with Crippen molar-refractivity contribution in [2.24, 2.45) is 0 Å². The van der Waals surface area contributed by atoms with E-state index in [1.165, 1.54) is 33.0 Å². The molecule has 4 heteroatoms. The topological polar surface area (TPSA) is 50.1 Å². The summed E-state index contributed by atoms with van der Waals surface area (Å²) < 4.78 is 22.1. The van der Waals surface area contributed by atoms with Crippen molar-refractivity contribution in [1.82, 2.24) is 0 Å². The van der Waals surface area contributed by atoms with Crippen molar-refractivity contribution >= 4 is 10.8 Å². The van der Waals surface area contributed by atoms with Crippen LogP contribution in [0.4, 0.5) is 0 Å². The highest BCUT2D eigenvalue weighted by molar-refractivity contribution is 5.91. The van der Waals surface area contributed by atoms with Gasteiger partial charge >= 0.3 is 0 Å². The maximum absolute atomic E-state index is 5.56. The molecule has 4 atom stereocenters. The van der Waals surface area contributed by atoms with Crippen molar-refractivity contribution in [2.75, 3.05) is 26.4 Å². The molecule has 4 fully saturated rings. The molecule has 0 aliphatic carbocycles. The zero-order chi connectivity index (χ0) is 17.1. The van der Waals surface area contributed by atoms with Gasteiger partial charge in [0.25, 0.3) is 0 Å². The van der Waals surface area contributed by atoms with E-state index in [4.69, 9.17) is 18.9 Å². The molecule has 4 nitrogen and oxygen atoms in total. The second kappa shape index (κ2) is 6.03. The van der Waals surface area contributed by atoms with E-state index < -0.39 is 0 Å². The summed E-state index contributed by atoms with van der Waals surface area (Å²) >= 11 is 0. The molecule has 136 valence electrons. The van der Waals surface area contributed by atoms with Gasteiger partial charge in [-0.25, -0.2) is 0 Å². The highest BCUT2D eigenvalue weighted by Gasteiger charge is 2.31. The normalized spacial score (nSPS) is 31.2. The Morgan fingerprint density at radius 3 is 1.23 bits per heavy atom. The van der Waals surface area contributed by atoms with Crippen molar-refractivity contribution in [3.63, 3.8) is 0 Å². The Bertz CT molecular complexity index is 774. The maximum atomic E-state index is 5.56. The van der Waals surface area contributed by atoms with E-state index in [1.807, 2.05) is 0 Å². The fourth-order valence-corrected chi connectivity index (χ4v) is 4.17. The molecule has 2 aromatic carbocycles. The lowest BCUT2D eigenvalue weighted by atomic mass is 9.87. The molecule has 0 N–H and O–H groups in total. The molecule has 0 radical (unpaired) electrons. The monoisotopic (exact) mass is 352 g/mol. The van der Waals surface area contributed by atoms with Gasteiger partial charge in [0.05, 0.1) is 50.8 Å². The molecule has 4 heterocycles. The summed E-state index contributed by atoms with van der Waals surface area (Å²) in [7, 11) is 0. The number of benzene rings is 2. The van der Waals surface area contributed by atoms with Crippen molar-refractivity contribution in [3.8, 4) is 0 Å². The van der Waals surface area contributed by atoms with E-state index in [2.05, 4.69) is 24.3 Å². The summed E-state index contributed by atoms with van der Waals surface area (Å²) in [5.41, 5.74) is 5.80. The smallest absolute Gasteiger partial charge is 0.0850 e. The molecule has 0 aromatic heterocycles. The molecule has 4 saturated heterocycles. The van der Waals surface area contributed by atoms with Gasteiger partial charge in [0.1, 0.15) is 0 Å². The molecule has 6 rings (SSSR count). The molecule has 4 aliphatic heterocycles. The predicted molar refractivity (Wildman–Crippen MR) is 97.7 cm³/mol. The van der Waals surface area contributed by atoms with Crippen LogP contribution in [0.25, 0.3) is 10.8 Å². The summed E-state index contributed by atoms with van der Waals surface area (Å²) in [4.78, 5) is 0. The summed E-state index contributed by atoms with van der Waals surface area (Å²) in [6, 6.07) is 9.32.